The molecule has 5 heteroatoms. The van der Waals surface area contributed by atoms with Gasteiger partial charge in [-0.1, -0.05) is 26.0 Å². The predicted molar refractivity (Wildman–Crippen MR) is 90.2 cm³/mol. The normalized spacial score (nSPS) is 10.7. The van der Waals surface area contributed by atoms with E-state index in [1.165, 1.54) is 37.2 Å². The van der Waals surface area contributed by atoms with Crippen LogP contribution in [0, 0.1) is 0 Å². The lowest BCUT2D eigenvalue weighted by Gasteiger charge is -2.04. The number of aliphatic hydroxyl groups is 2. The van der Waals surface area contributed by atoms with Crippen molar-refractivity contribution in [3.8, 4) is 0 Å². The van der Waals surface area contributed by atoms with Gasteiger partial charge in [-0.15, -0.1) is 0 Å². The van der Waals surface area contributed by atoms with Crippen LogP contribution in [0.5, 0.6) is 0 Å². The molecular formula is C16H30O4S. The molecule has 2 N–H and O–H groups in total. The Hall–Kier alpha value is -0.650. The molecule has 0 aromatic heterocycles. The number of aliphatic hydroxyl groups excluding tert-OH is 2. The second-order valence-corrected chi connectivity index (χ2v) is 6.20. The molecule has 124 valence electrons. The molecule has 0 amide bonds. The third-order valence-corrected chi connectivity index (χ3v) is 3.85. The van der Waals surface area contributed by atoms with E-state index in [1.807, 2.05) is 11.8 Å². The van der Waals surface area contributed by atoms with Crippen molar-refractivity contribution in [1.29, 1.82) is 0 Å². The highest BCUT2D eigenvalue weighted by molar-refractivity contribution is 7.99. The summed E-state index contributed by atoms with van der Waals surface area (Å²) in [7, 11) is 0. The molecule has 0 aliphatic rings. The van der Waals surface area contributed by atoms with Crippen molar-refractivity contribution >= 4 is 11.8 Å². The van der Waals surface area contributed by atoms with E-state index in [1.54, 1.807) is 0 Å². The Balaban J connectivity index is 2.99. The molecule has 0 saturated carbocycles. The topological polar surface area (TPSA) is 58.9 Å². The van der Waals surface area contributed by atoms with Crippen LogP contribution in [0.3, 0.4) is 0 Å². The monoisotopic (exact) mass is 318 g/mol. The number of thioether (sulfide) groups is 1. The van der Waals surface area contributed by atoms with Gasteiger partial charge in [0.25, 0.3) is 0 Å². The zero-order chi connectivity index (χ0) is 15.8. The summed E-state index contributed by atoms with van der Waals surface area (Å²) in [6.45, 7) is 8.64. The van der Waals surface area contributed by atoms with Crippen LogP contribution in [0.1, 0.15) is 38.5 Å². The summed E-state index contributed by atoms with van der Waals surface area (Å²) in [5, 5.41) is 17.6. The Morgan fingerprint density at radius 2 is 1.14 bits per heavy atom. The fraction of sp³-hybridized carbons (Fsp3) is 0.750. The Morgan fingerprint density at radius 1 is 0.714 bits per heavy atom. The average molecular weight is 318 g/mol. The highest BCUT2D eigenvalue weighted by atomic mass is 32.2. The van der Waals surface area contributed by atoms with Gasteiger partial charge in [-0.2, -0.15) is 11.8 Å². The number of unbranched alkanes of at least 4 members (excludes halogenated alkanes) is 4. The van der Waals surface area contributed by atoms with Gasteiger partial charge < -0.3 is 19.7 Å². The van der Waals surface area contributed by atoms with Gasteiger partial charge in [0.15, 0.2) is 0 Å². The molecule has 21 heavy (non-hydrogen) atoms. The van der Waals surface area contributed by atoms with Crippen LogP contribution in [0.15, 0.2) is 24.7 Å². The Labute approximate surface area is 133 Å². The van der Waals surface area contributed by atoms with Gasteiger partial charge >= 0.3 is 0 Å². The maximum absolute atomic E-state index is 8.82. The first kappa shape index (κ1) is 20.3. The van der Waals surface area contributed by atoms with E-state index in [4.69, 9.17) is 19.7 Å². The fourth-order valence-corrected chi connectivity index (χ4v) is 2.67. The maximum Gasteiger partial charge on any atom is 0.111 e. The molecule has 4 nitrogen and oxygen atoms in total. The van der Waals surface area contributed by atoms with Gasteiger partial charge in [-0.05, 0) is 37.2 Å². The van der Waals surface area contributed by atoms with Crippen molar-refractivity contribution in [1.82, 2.24) is 0 Å². The first-order chi connectivity index (χ1) is 10.1. The number of rotatable bonds is 16. The molecule has 0 spiro atoms. The van der Waals surface area contributed by atoms with E-state index in [-0.39, 0.29) is 24.7 Å². The summed E-state index contributed by atoms with van der Waals surface area (Å²) >= 11 is 2.00. The molecular weight excluding hydrogens is 288 g/mol. The van der Waals surface area contributed by atoms with E-state index < -0.39 is 0 Å². The van der Waals surface area contributed by atoms with Crippen molar-refractivity contribution in [2.45, 2.75) is 38.5 Å². The first-order valence-electron chi connectivity index (χ1n) is 7.59. The molecule has 0 fully saturated rings. The highest BCUT2D eigenvalue weighted by Crippen LogP contribution is 2.10. The van der Waals surface area contributed by atoms with Crippen LogP contribution < -0.4 is 0 Å². The van der Waals surface area contributed by atoms with Crippen molar-refractivity contribution < 1.29 is 19.7 Å². The van der Waals surface area contributed by atoms with E-state index in [0.29, 0.717) is 13.2 Å². The van der Waals surface area contributed by atoms with Crippen LogP contribution in [0.4, 0.5) is 0 Å². The van der Waals surface area contributed by atoms with Crippen molar-refractivity contribution in [2.75, 3.05) is 37.9 Å². The van der Waals surface area contributed by atoms with Crippen LogP contribution in [0.25, 0.3) is 0 Å². The Kier molecular flexibility index (Phi) is 15.2. The molecule has 0 radical (unpaired) electrons. The lowest BCUT2D eigenvalue weighted by molar-refractivity contribution is 0.125. The minimum Gasteiger partial charge on any atom is -0.510 e. The van der Waals surface area contributed by atoms with Crippen LogP contribution in [-0.2, 0) is 9.47 Å². The molecule has 0 aliphatic carbocycles. The third-order valence-electron chi connectivity index (χ3n) is 2.69. The largest absolute Gasteiger partial charge is 0.510 e. The fourth-order valence-electron chi connectivity index (χ4n) is 1.65. The Morgan fingerprint density at radius 3 is 1.52 bits per heavy atom. The highest BCUT2D eigenvalue weighted by Gasteiger charge is 1.95. The lowest BCUT2D eigenvalue weighted by Crippen LogP contribution is -1.99. The first-order valence-corrected chi connectivity index (χ1v) is 8.75. The summed E-state index contributed by atoms with van der Waals surface area (Å²) in [5.74, 6) is 2.59. The molecule has 0 atom stereocenters. The van der Waals surface area contributed by atoms with Crippen LogP contribution >= 0.6 is 11.8 Å². The minimum absolute atomic E-state index is 0.0947. The molecule has 0 aromatic rings. The van der Waals surface area contributed by atoms with E-state index in [2.05, 4.69) is 13.2 Å². The SMILES string of the molecule is C=C(O)COCCCCCSCCCCCOCC(=C)O. The van der Waals surface area contributed by atoms with Gasteiger partial charge in [0.1, 0.15) is 24.7 Å². The summed E-state index contributed by atoms with van der Waals surface area (Å²) in [6, 6.07) is 0. The molecule has 0 aromatic carbocycles. The standard InChI is InChI=1S/C16H30O4S/c1-15(17)13-19-9-5-3-7-11-21-12-8-4-6-10-20-14-16(2)18/h17-18H,1-14H2. The quantitative estimate of drug-likeness (QED) is 0.329. The van der Waals surface area contributed by atoms with Crippen molar-refractivity contribution in [3.05, 3.63) is 24.7 Å². The van der Waals surface area contributed by atoms with Crippen LogP contribution in [-0.4, -0.2) is 48.1 Å². The molecule has 0 rings (SSSR count). The van der Waals surface area contributed by atoms with E-state index >= 15 is 0 Å². The zero-order valence-corrected chi connectivity index (χ0v) is 13.8. The molecule has 0 saturated heterocycles. The predicted octanol–water partition coefficient (Wildman–Crippen LogP) is 4.24. The number of ether oxygens (including phenoxy) is 2. The van der Waals surface area contributed by atoms with Crippen LogP contribution in [0.2, 0.25) is 0 Å². The number of hydrogen-bond donors (Lipinski definition) is 2. The Bertz CT molecular complexity index is 243. The summed E-state index contributed by atoms with van der Waals surface area (Å²) in [6.07, 6.45) is 6.86. The average Bonchev–Trinajstić information content (AvgIpc) is 2.42. The van der Waals surface area contributed by atoms with E-state index in [0.717, 1.165) is 12.8 Å². The molecule has 0 bridgehead atoms. The van der Waals surface area contributed by atoms with Crippen molar-refractivity contribution in [2.24, 2.45) is 0 Å². The second-order valence-electron chi connectivity index (χ2n) is 4.97. The van der Waals surface area contributed by atoms with Gasteiger partial charge in [0.05, 0.1) is 0 Å². The van der Waals surface area contributed by atoms with Crippen molar-refractivity contribution in [3.63, 3.8) is 0 Å². The molecule has 0 unspecified atom stereocenters. The summed E-state index contributed by atoms with van der Waals surface area (Å²) < 4.78 is 10.4. The van der Waals surface area contributed by atoms with Gasteiger partial charge in [0, 0.05) is 13.2 Å². The maximum atomic E-state index is 8.82. The van der Waals surface area contributed by atoms with E-state index in [9.17, 15) is 0 Å². The van der Waals surface area contributed by atoms with Gasteiger partial charge in [-0.3, -0.25) is 0 Å². The minimum atomic E-state index is 0.0947. The van der Waals surface area contributed by atoms with Gasteiger partial charge in [-0.25, -0.2) is 0 Å². The second kappa shape index (κ2) is 15.7. The van der Waals surface area contributed by atoms with Gasteiger partial charge in [0.2, 0.25) is 0 Å². The lowest BCUT2D eigenvalue weighted by atomic mass is 10.3. The molecule has 0 aliphatic heterocycles. The zero-order valence-electron chi connectivity index (χ0n) is 13.0. The smallest absolute Gasteiger partial charge is 0.111 e. The summed E-state index contributed by atoms with van der Waals surface area (Å²) in [5.41, 5.74) is 0. The number of hydrogen-bond acceptors (Lipinski definition) is 5. The third kappa shape index (κ3) is 19.4. The molecule has 0 heterocycles. The summed E-state index contributed by atoms with van der Waals surface area (Å²) in [4.78, 5) is 0.